The maximum absolute atomic E-state index is 9.97. The van der Waals surface area contributed by atoms with Crippen LogP contribution in [0.2, 0.25) is 0 Å². The van der Waals surface area contributed by atoms with Gasteiger partial charge in [0.15, 0.2) is 0 Å². The highest BCUT2D eigenvalue weighted by molar-refractivity contribution is 5.76. The van der Waals surface area contributed by atoms with Crippen molar-refractivity contribution in [3.63, 3.8) is 0 Å². The Morgan fingerprint density at radius 2 is 1.82 bits per heavy atom. The molecule has 0 saturated carbocycles. The fraction of sp³-hybridized carbons (Fsp3) is 0.571. The number of hydrogen-bond donors (Lipinski definition) is 2. The first-order valence-electron chi connectivity index (χ1n) is 3.41. The number of carboxylic acid groups (broad SMARTS) is 2. The van der Waals surface area contributed by atoms with Crippen molar-refractivity contribution in [3.8, 4) is 0 Å². The fourth-order valence-corrected chi connectivity index (χ4v) is 0.646. The molecule has 4 heteroatoms. The summed E-state index contributed by atoms with van der Waals surface area (Å²) in [5, 5.41) is 16.3. The number of carboxylic acids is 2. The molecule has 2 N–H and O–H groups in total. The molecular formula is C7H11O4. The van der Waals surface area contributed by atoms with Crippen LogP contribution in [0.5, 0.6) is 0 Å². The van der Waals surface area contributed by atoms with Gasteiger partial charge in [-0.25, -0.2) is 0 Å². The summed E-state index contributed by atoms with van der Waals surface area (Å²) < 4.78 is 0. The Labute approximate surface area is 64.8 Å². The van der Waals surface area contributed by atoms with Gasteiger partial charge in [0.1, 0.15) is 0 Å². The maximum atomic E-state index is 9.97. The molecule has 0 atom stereocenters. The van der Waals surface area contributed by atoms with Crippen LogP contribution in [0.3, 0.4) is 0 Å². The number of carbonyl (C=O) groups is 2. The molecule has 0 aliphatic carbocycles. The van der Waals surface area contributed by atoms with Gasteiger partial charge in [-0.05, 0) is 12.8 Å². The van der Waals surface area contributed by atoms with Crippen molar-refractivity contribution in [2.75, 3.05) is 0 Å². The van der Waals surface area contributed by atoms with Crippen LogP contribution in [-0.4, -0.2) is 22.2 Å². The molecule has 1 radical (unpaired) electrons. The quantitative estimate of drug-likeness (QED) is 0.565. The smallest absolute Gasteiger partial charge is 0.307 e. The van der Waals surface area contributed by atoms with E-state index in [4.69, 9.17) is 10.2 Å². The van der Waals surface area contributed by atoms with Gasteiger partial charge in [0.25, 0.3) is 0 Å². The molecule has 0 aromatic heterocycles. The highest BCUT2D eigenvalue weighted by atomic mass is 16.4. The van der Waals surface area contributed by atoms with Gasteiger partial charge < -0.3 is 10.2 Å². The second-order valence-electron chi connectivity index (χ2n) is 2.18. The summed E-state index contributed by atoms with van der Waals surface area (Å²) in [6.45, 7) is 0. The summed E-state index contributed by atoms with van der Waals surface area (Å²) >= 11 is 0. The summed E-state index contributed by atoms with van der Waals surface area (Å²) in [5.41, 5.74) is 0. The molecule has 0 heterocycles. The standard InChI is InChI=1S/C7H11O4/c8-6(9)4-2-1-3-5-7(10)11/h4H,1-3,5H2,(H,8,9)(H,10,11). The van der Waals surface area contributed by atoms with Crippen molar-refractivity contribution < 1.29 is 19.8 Å². The second kappa shape index (κ2) is 5.70. The van der Waals surface area contributed by atoms with Crippen LogP contribution in [0, 0.1) is 6.42 Å². The van der Waals surface area contributed by atoms with Gasteiger partial charge in [-0.1, -0.05) is 6.42 Å². The molecule has 0 amide bonds. The fourth-order valence-electron chi connectivity index (χ4n) is 0.646. The molecule has 0 unspecified atom stereocenters. The van der Waals surface area contributed by atoms with Gasteiger partial charge >= 0.3 is 11.9 Å². The van der Waals surface area contributed by atoms with Crippen LogP contribution in [0.4, 0.5) is 0 Å². The molecule has 0 spiro atoms. The number of hydrogen-bond acceptors (Lipinski definition) is 2. The third-order valence-electron chi connectivity index (χ3n) is 1.16. The van der Waals surface area contributed by atoms with Crippen LogP contribution in [0.25, 0.3) is 0 Å². The van der Waals surface area contributed by atoms with E-state index < -0.39 is 11.9 Å². The second-order valence-corrected chi connectivity index (χ2v) is 2.18. The molecule has 0 bridgehead atoms. The largest absolute Gasteiger partial charge is 0.481 e. The summed E-state index contributed by atoms with van der Waals surface area (Å²) in [7, 11) is 0. The predicted molar refractivity (Wildman–Crippen MR) is 38.0 cm³/mol. The topological polar surface area (TPSA) is 74.6 Å². The molecule has 11 heavy (non-hydrogen) atoms. The summed E-state index contributed by atoms with van der Waals surface area (Å²) in [5.74, 6) is -1.78. The van der Waals surface area contributed by atoms with Crippen molar-refractivity contribution in [1.29, 1.82) is 0 Å². The van der Waals surface area contributed by atoms with Crippen LogP contribution in [0.1, 0.15) is 25.7 Å². The SMILES string of the molecule is O=C(O)[CH]CCCCC(=O)O. The highest BCUT2D eigenvalue weighted by Crippen LogP contribution is 2.01. The van der Waals surface area contributed by atoms with Crippen molar-refractivity contribution >= 4 is 11.9 Å². The Kier molecular flexibility index (Phi) is 5.15. The maximum Gasteiger partial charge on any atom is 0.307 e. The summed E-state index contributed by atoms with van der Waals surface area (Å²) in [4.78, 5) is 19.9. The molecule has 4 nitrogen and oxygen atoms in total. The molecule has 0 aliphatic heterocycles. The minimum atomic E-state index is -0.944. The molecule has 0 saturated heterocycles. The summed E-state index contributed by atoms with van der Waals surface area (Å²) in [6.07, 6.45) is 2.87. The number of aliphatic carboxylic acids is 2. The monoisotopic (exact) mass is 159 g/mol. The first-order chi connectivity index (χ1) is 5.13. The van der Waals surface area contributed by atoms with Gasteiger partial charge in [-0.2, -0.15) is 0 Å². The van der Waals surface area contributed by atoms with E-state index in [1.807, 2.05) is 0 Å². The molecule has 0 aromatic rings. The van der Waals surface area contributed by atoms with Gasteiger partial charge in [-0.3, -0.25) is 9.59 Å². The Bertz CT molecular complexity index is 125. The number of rotatable bonds is 6. The van der Waals surface area contributed by atoms with Gasteiger partial charge in [0, 0.05) is 6.42 Å². The van der Waals surface area contributed by atoms with Crippen LogP contribution >= 0.6 is 0 Å². The predicted octanol–water partition coefficient (Wildman–Crippen LogP) is 0.920. The average Bonchev–Trinajstić information content (AvgIpc) is 1.85. The first kappa shape index (κ1) is 9.94. The van der Waals surface area contributed by atoms with E-state index in [-0.39, 0.29) is 6.42 Å². The average molecular weight is 159 g/mol. The molecule has 0 aromatic carbocycles. The molecule has 0 aliphatic rings. The van der Waals surface area contributed by atoms with E-state index in [9.17, 15) is 9.59 Å². The minimum absolute atomic E-state index is 0.119. The van der Waals surface area contributed by atoms with Crippen molar-refractivity contribution in [3.05, 3.63) is 6.42 Å². The molecule has 0 rings (SSSR count). The van der Waals surface area contributed by atoms with E-state index in [0.29, 0.717) is 19.3 Å². The Morgan fingerprint density at radius 1 is 1.18 bits per heavy atom. The van der Waals surface area contributed by atoms with Gasteiger partial charge in [0.2, 0.25) is 0 Å². The van der Waals surface area contributed by atoms with Gasteiger partial charge in [-0.15, -0.1) is 0 Å². The lowest BCUT2D eigenvalue weighted by atomic mass is 10.1. The number of unbranched alkanes of at least 4 members (excludes halogenated alkanes) is 2. The normalized spacial score (nSPS) is 9.45. The van der Waals surface area contributed by atoms with Crippen molar-refractivity contribution in [1.82, 2.24) is 0 Å². The lowest BCUT2D eigenvalue weighted by molar-refractivity contribution is -0.137. The molecule has 0 fully saturated rings. The van der Waals surface area contributed by atoms with E-state index in [1.54, 1.807) is 0 Å². The van der Waals surface area contributed by atoms with Crippen LogP contribution in [0.15, 0.2) is 0 Å². The van der Waals surface area contributed by atoms with E-state index in [2.05, 4.69) is 0 Å². The Balaban J connectivity index is 3.03. The Hall–Kier alpha value is -1.06. The Morgan fingerprint density at radius 3 is 2.27 bits per heavy atom. The van der Waals surface area contributed by atoms with Crippen molar-refractivity contribution in [2.24, 2.45) is 0 Å². The van der Waals surface area contributed by atoms with Crippen molar-refractivity contribution in [2.45, 2.75) is 25.7 Å². The third kappa shape index (κ3) is 8.94. The van der Waals surface area contributed by atoms with E-state index in [0.717, 1.165) is 6.42 Å². The summed E-state index contributed by atoms with van der Waals surface area (Å²) in [6, 6.07) is 0. The highest BCUT2D eigenvalue weighted by Gasteiger charge is 1.99. The van der Waals surface area contributed by atoms with Gasteiger partial charge in [0.05, 0.1) is 6.42 Å². The zero-order valence-electron chi connectivity index (χ0n) is 6.12. The molecular weight excluding hydrogens is 148 g/mol. The first-order valence-corrected chi connectivity index (χ1v) is 3.41. The lowest BCUT2D eigenvalue weighted by Gasteiger charge is -1.94. The minimum Gasteiger partial charge on any atom is -0.481 e. The zero-order valence-corrected chi connectivity index (χ0v) is 6.12. The van der Waals surface area contributed by atoms with E-state index in [1.165, 1.54) is 0 Å². The van der Waals surface area contributed by atoms with E-state index >= 15 is 0 Å². The molecule has 63 valence electrons. The zero-order chi connectivity index (χ0) is 8.69. The third-order valence-corrected chi connectivity index (χ3v) is 1.16. The lowest BCUT2D eigenvalue weighted by Crippen LogP contribution is -1.97. The van der Waals surface area contributed by atoms with Crippen LogP contribution < -0.4 is 0 Å². The van der Waals surface area contributed by atoms with Crippen LogP contribution in [-0.2, 0) is 9.59 Å².